The fraction of sp³-hybridized carbons (Fsp3) is 0.417. The molecule has 100 valence electrons. The first-order chi connectivity index (χ1) is 7.99. The molecule has 0 N–H and O–H groups in total. The molecule has 1 aromatic rings. The highest BCUT2D eigenvalue weighted by Gasteiger charge is 2.20. The van der Waals surface area contributed by atoms with Crippen LogP contribution in [0.1, 0.15) is 36.7 Å². The van der Waals surface area contributed by atoms with E-state index < -0.39 is 20.6 Å². The highest BCUT2D eigenvalue weighted by atomic mass is 35.7. The Hall–Kier alpha value is -1.07. The number of benzene rings is 1. The van der Waals surface area contributed by atoms with E-state index in [1.54, 1.807) is 33.8 Å². The number of hydrogen-bond donors (Lipinski definition) is 0. The van der Waals surface area contributed by atoms with Crippen molar-refractivity contribution < 1.29 is 17.9 Å². The van der Waals surface area contributed by atoms with Gasteiger partial charge in [0.25, 0.3) is 9.05 Å². The lowest BCUT2D eigenvalue weighted by molar-refractivity contribution is 0.00691. The Kier molecular flexibility index (Phi) is 4.08. The molecular weight excluding hydrogens is 276 g/mol. The predicted molar refractivity (Wildman–Crippen MR) is 69.4 cm³/mol. The summed E-state index contributed by atoms with van der Waals surface area (Å²) in [5.41, 5.74) is 0.155. The van der Waals surface area contributed by atoms with Crippen molar-refractivity contribution in [3.05, 3.63) is 29.3 Å². The highest BCUT2D eigenvalue weighted by Crippen LogP contribution is 2.20. The van der Waals surface area contributed by atoms with Gasteiger partial charge >= 0.3 is 5.97 Å². The number of hydrogen-bond acceptors (Lipinski definition) is 4. The second-order valence-corrected chi connectivity index (χ2v) is 7.54. The number of halogens is 1. The number of ether oxygens (including phenoxy) is 1. The van der Waals surface area contributed by atoms with Crippen molar-refractivity contribution in [2.24, 2.45) is 0 Å². The maximum absolute atomic E-state index is 11.8. The van der Waals surface area contributed by atoms with Gasteiger partial charge in [0.1, 0.15) is 5.60 Å². The Morgan fingerprint density at radius 1 is 1.22 bits per heavy atom. The molecule has 1 rings (SSSR count). The summed E-state index contributed by atoms with van der Waals surface area (Å²) >= 11 is 0. The SMILES string of the molecule is Cc1cc(C(=O)OC(C)(C)C)cc(S(=O)(=O)Cl)c1. The second-order valence-electron chi connectivity index (χ2n) is 4.97. The van der Waals surface area contributed by atoms with E-state index in [1.165, 1.54) is 12.1 Å². The Balaban J connectivity index is 3.19. The molecule has 0 spiro atoms. The molecule has 6 heteroatoms. The monoisotopic (exact) mass is 290 g/mol. The molecule has 0 heterocycles. The van der Waals surface area contributed by atoms with Crippen LogP contribution in [0.4, 0.5) is 0 Å². The average Bonchev–Trinajstić information content (AvgIpc) is 2.12. The summed E-state index contributed by atoms with van der Waals surface area (Å²) in [7, 11) is 1.40. The van der Waals surface area contributed by atoms with E-state index >= 15 is 0 Å². The molecule has 0 radical (unpaired) electrons. The van der Waals surface area contributed by atoms with Gasteiger partial charge in [0.05, 0.1) is 10.5 Å². The largest absolute Gasteiger partial charge is 0.456 e. The average molecular weight is 291 g/mol. The molecule has 0 saturated heterocycles. The fourth-order valence-electron chi connectivity index (χ4n) is 1.34. The Labute approximate surface area is 111 Å². The zero-order valence-corrected chi connectivity index (χ0v) is 12.2. The van der Waals surface area contributed by atoms with Crippen LogP contribution in [0.15, 0.2) is 23.1 Å². The van der Waals surface area contributed by atoms with E-state index in [0.29, 0.717) is 5.56 Å². The summed E-state index contributed by atoms with van der Waals surface area (Å²) in [4.78, 5) is 11.7. The van der Waals surface area contributed by atoms with Gasteiger partial charge in [0.15, 0.2) is 0 Å². The first kappa shape index (κ1) is 15.0. The number of esters is 1. The van der Waals surface area contributed by atoms with E-state index in [9.17, 15) is 13.2 Å². The maximum Gasteiger partial charge on any atom is 0.338 e. The van der Waals surface area contributed by atoms with E-state index in [-0.39, 0.29) is 10.5 Å². The van der Waals surface area contributed by atoms with Gasteiger partial charge in [-0.2, -0.15) is 0 Å². The van der Waals surface area contributed by atoms with Crippen LogP contribution < -0.4 is 0 Å². The maximum atomic E-state index is 11.8. The van der Waals surface area contributed by atoms with Gasteiger partial charge in [0.2, 0.25) is 0 Å². The molecule has 0 aliphatic heterocycles. The molecular formula is C12H15ClO4S. The lowest BCUT2D eigenvalue weighted by atomic mass is 10.1. The van der Waals surface area contributed by atoms with Gasteiger partial charge in [-0.3, -0.25) is 0 Å². The zero-order chi connectivity index (χ0) is 14.1. The van der Waals surface area contributed by atoms with Crippen LogP contribution in [0.2, 0.25) is 0 Å². The normalized spacial score (nSPS) is 12.3. The lowest BCUT2D eigenvalue weighted by Gasteiger charge is -2.19. The summed E-state index contributed by atoms with van der Waals surface area (Å²) < 4.78 is 27.7. The summed E-state index contributed by atoms with van der Waals surface area (Å²) in [5.74, 6) is -0.576. The number of carbonyl (C=O) groups excluding carboxylic acids is 1. The van der Waals surface area contributed by atoms with Crippen molar-refractivity contribution in [3.63, 3.8) is 0 Å². The van der Waals surface area contributed by atoms with Gasteiger partial charge in [0, 0.05) is 10.7 Å². The zero-order valence-electron chi connectivity index (χ0n) is 10.7. The Bertz CT molecular complexity index is 570. The number of carbonyl (C=O) groups is 1. The first-order valence-corrected chi connectivity index (χ1v) is 7.60. The molecule has 0 unspecified atom stereocenters. The van der Waals surface area contributed by atoms with Gasteiger partial charge in [-0.25, -0.2) is 13.2 Å². The molecule has 0 bridgehead atoms. The number of aryl methyl sites for hydroxylation is 1. The van der Waals surface area contributed by atoms with Gasteiger partial charge in [-0.15, -0.1) is 0 Å². The minimum Gasteiger partial charge on any atom is -0.456 e. The summed E-state index contributed by atoms with van der Waals surface area (Å²) in [6.07, 6.45) is 0. The van der Waals surface area contributed by atoms with Crippen LogP contribution in [0.25, 0.3) is 0 Å². The molecule has 18 heavy (non-hydrogen) atoms. The van der Waals surface area contributed by atoms with Crippen LogP contribution in [-0.2, 0) is 13.8 Å². The Morgan fingerprint density at radius 2 is 1.78 bits per heavy atom. The van der Waals surface area contributed by atoms with E-state index in [0.717, 1.165) is 0 Å². The van der Waals surface area contributed by atoms with Crippen LogP contribution in [0.5, 0.6) is 0 Å². The third-order valence-corrected chi connectivity index (χ3v) is 3.30. The van der Waals surface area contributed by atoms with Gasteiger partial charge in [-0.05, 0) is 51.5 Å². The van der Waals surface area contributed by atoms with Crippen LogP contribution in [0, 0.1) is 6.92 Å². The first-order valence-electron chi connectivity index (χ1n) is 5.29. The minimum absolute atomic E-state index is 0.106. The quantitative estimate of drug-likeness (QED) is 0.621. The van der Waals surface area contributed by atoms with E-state index in [1.807, 2.05) is 0 Å². The summed E-state index contributed by atoms with van der Waals surface area (Å²) in [6, 6.07) is 4.17. The lowest BCUT2D eigenvalue weighted by Crippen LogP contribution is -2.24. The molecule has 1 aromatic carbocycles. The molecule has 0 atom stereocenters. The summed E-state index contributed by atoms with van der Waals surface area (Å²) in [6.45, 7) is 6.89. The van der Waals surface area contributed by atoms with Crippen molar-refractivity contribution in [2.45, 2.75) is 38.2 Å². The standard InChI is InChI=1S/C12H15ClO4S/c1-8-5-9(11(14)17-12(2,3)4)7-10(6-8)18(13,15)16/h5-7H,1-4H3. The van der Waals surface area contributed by atoms with Crippen molar-refractivity contribution in [1.82, 2.24) is 0 Å². The predicted octanol–water partition coefficient (Wildman–Crippen LogP) is 2.88. The molecule has 0 saturated carbocycles. The molecule has 0 aliphatic rings. The third kappa shape index (κ3) is 4.31. The van der Waals surface area contributed by atoms with Crippen LogP contribution >= 0.6 is 10.7 Å². The Morgan fingerprint density at radius 3 is 2.22 bits per heavy atom. The van der Waals surface area contributed by atoms with Crippen LogP contribution in [0.3, 0.4) is 0 Å². The van der Waals surface area contributed by atoms with E-state index in [4.69, 9.17) is 15.4 Å². The van der Waals surface area contributed by atoms with Crippen LogP contribution in [-0.4, -0.2) is 20.0 Å². The smallest absolute Gasteiger partial charge is 0.338 e. The minimum atomic E-state index is -3.86. The second kappa shape index (κ2) is 4.90. The molecule has 4 nitrogen and oxygen atoms in total. The topological polar surface area (TPSA) is 60.4 Å². The molecule has 0 amide bonds. The van der Waals surface area contributed by atoms with Gasteiger partial charge < -0.3 is 4.74 Å². The van der Waals surface area contributed by atoms with Crippen molar-refractivity contribution in [2.75, 3.05) is 0 Å². The molecule has 0 fully saturated rings. The summed E-state index contributed by atoms with van der Waals surface area (Å²) in [5, 5.41) is 0. The van der Waals surface area contributed by atoms with Crippen molar-refractivity contribution in [3.8, 4) is 0 Å². The van der Waals surface area contributed by atoms with Gasteiger partial charge in [-0.1, -0.05) is 0 Å². The van der Waals surface area contributed by atoms with E-state index in [2.05, 4.69) is 0 Å². The highest BCUT2D eigenvalue weighted by molar-refractivity contribution is 8.13. The molecule has 0 aliphatic carbocycles. The van der Waals surface area contributed by atoms with Crippen molar-refractivity contribution in [1.29, 1.82) is 0 Å². The number of rotatable bonds is 2. The fourth-order valence-corrected chi connectivity index (χ4v) is 2.21. The van der Waals surface area contributed by atoms with Crippen molar-refractivity contribution >= 4 is 25.7 Å². The third-order valence-electron chi connectivity index (χ3n) is 1.97. The molecule has 0 aromatic heterocycles.